The predicted molar refractivity (Wildman–Crippen MR) is 122 cm³/mol. The van der Waals surface area contributed by atoms with Crippen LogP contribution >= 0.6 is 0 Å². The molecule has 0 bridgehead atoms. The average molecular weight is 433 g/mol. The topological polar surface area (TPSA) is 80.0 Å². The van der Waals surface area contributed by atoms with Gasteiger partial charge >= 0.3 is 6.03 Å². The molecule has 2 saturated heterocycles. The van der Waals surface area contributed by atoms with Crippen LogP contribution in [0.5, 0.6) is 0 Å². The lowest BCUT2D eigenvalue weighted by Gasteiger charge is -2.34. The average Bonchev–Trinajstić information content (AvgIpc) is 3.33. The number of fused-ring (bicyclic) bond motifs is 3. The van der Waals surface area contributed by atoms with Crippen LogP contribution in [0.2, 0.25) is 0 Å². The molecule has 2 aromatic carbocycles. The van der Waals surface area contributed by atoms with Gasteiger partial charge in [-0.2, -0.15) is 0 Å². The number of benzene rings is 2. The first-order chi connectivity index (χ1) is 15.4. The van der Waals surface area contributed by atoms with Crippen molar-refractivity contribution in [2.75, 3.05) is 11.9 Å². The van der Waals surface area contributed by atoms with Crippen molar-refractivity contribution in [2.45, 2.75) is 45.4 Å². The summed E-state index contributed by atoms with van der Waals surface area (Å²) in [7, 11) is 0. The molecule has 0 radical (unpaired) electrons. The molecule has 3 heterocycles. The quantitative estimate of drug-likeness (QED) is 0.692. The molecule has 0 aromatic heterocycles. The predicted octanol–water partition coefficient (Wildman–Crippen LogP) is 2.92. The van der Waals surface area contributed by atoms with Crippen LogP contribution in [0, 0.1) is 20.8 Å². The SMILES string of the molecule is Cc1ccc(NC(=O)CN2NC3C4CC(c5ccc(C)c(C)c5)NN4C=CN3C2=O)cc1. The van der Waals surface area contributed by atoms with Gasteiger partial charge in [0.05, 0.1) is 12.1 Å². The Morgan fingerprint density at radius 1 is 1.03 bits per heavy atom. The smallest absolute Gasteiger partial charge is 0.324 e. The van der Waals surface area contributed by atoms with E-state index in [9.17, 15) is 9.59 Å². The summed E-state index contributed by atoms with van der Waals surface area (Å²) in [5, 5.41) is 6.31. The molecule has 3 unspecified atom stereocenters. The summed E-state index contributed by atoms with van der Waals surface area (Å²) in [6.45, 7) is 6.17. The third-order valence-electron chi connectivity index (χ3n) is 6.50. The molecule has 2 aromatic rings. The van der Waals surface area contributed by atoms with Crippen molar-refractivity contribution in [3.05, 3.63) is 77.1 Å². The Balaban J connectivity index is 1.25. The van der Waals surface area contributed by atoms with Gasteiger partial charge in [-0.15, -0.1) is 0 Å². The van der Waals surface area contributed by atoms with E-state index < -0.39 is 0 Å². The first kappa shape index (κ1) is 20.5. The largest absolute Gasteiger partial charge is 0.340 e. The Bertz CT molecular complexity index is 1080. The van der Waals surface area contributed by atoms with E-state index in [1.807, 2.05) is 37.4 Å². The summed E-state index contributed by atoms with van der Waals surface area (Å²) in [4.78, 5) is 27.1. The highest BCUT2D eigenvalue weighted by Crippen LogP contribution is 2.35. The minimum Gasteiger partial charge on any atom is -0.324 e. The molecule has 0 saturated carbocycles. The van der Waals surface area contributed by atoms with E-state index in [2.05, 4.69) is 53.2 Å². The van der Waals surface area contributed by atoms with Crippen molar-refractivity contribution in [3.8, 4) is 0 Å². The molecule has 0 spiro atoms. The van der Waals surface area contributed by atoms with Crippen LogP contribution in [-0.4, -0.2) is 45.6 Å². The van der Waals surface area contributed by atoms with E-state index in [4.69, 9.17) is 0 Å². The molecule has 3 aliphatic rings. The minimum absolute atomic E-state index is 0.0562. The van der Waals surface area contributed by atoms with E-state index >= 15 is 0 Å². The summed E-state index contributed by atoms with van der Waals surface area (Å²) in [5.41, 5.74) is 12.4. The summed E-state index contributed by atoms with van der Waals surface area (Å²) < 4.78 is 0. The number of carbonyl (C=O) groups excluding carboxylic acids is 2. The fourth-order valence-electron chi connectivity index (χ4n) is 4.51. The molecule has 3 aliphatic heterocycles. The monoisotopic (exact) mass is 432 g/mol. The molecule has 0 aliphatic carbocycles. The second-order valence-electron chi connectivity index (χ2n) is 8.80. The van der Waals surface area contributed by atoms with Crippen molar-refractivity contribution in [1.82, 2.24) is 25.8 Å². The second kappa shape index (κ2) is 7.96. The van der Waals surface area contributed by atoms with Gasteiger partial charge in [-0.1, -0.05) is 35.9 Å². The summed E-state index contributed by atoms with van der Waals surface area (Å²) >= 11 is 0. The molecule has 2 fully saturated rings. The van der Waals surface area contributed by atoms with Gasteiger partial charge < -0.3 is 10.3 Å². The van der Waals surface area contributed by atoms with Crippen molar-refractivity contribution >= 4 is 17.6 Å². The van der Waals surface area contributed by atoms with Gasteiger partial charge in [0.1, 0.15) is 12.7 Å². The molecule has 5 rings (SSSR count). The lowest BCUT2D eigenvalue weighted by Crippen LogP contribution is -2.54. The number of anilines is 1. The molecule has 8 heteroatoms. The van der Waals surface area contributed by atoms with Crippen LogP contribution in [0.4, 0.5) is 10.5 Å². The lowest BCUT2D eigenvalue weighted by atomic mass is 9.97. The number of aryl methyl sites for hydroxylation is 3. The Labute approximate surface area is 187 Å². The number of urea groups is 1. The molecule has 3 atom stereocenters. The van der Waals surface area contributed by atoms with Gasteiger partial charge in [0.15, 0.2) is 0 Å². The van der Waals surface area contributed by atoms with Crippen LogP contribution in [0.25, 0.3) is 0 Å². The molecule has 166 valence electrons. The van der Waals surface area contributed by atoms with E-state index in [1.54, 1.807) is 11.1 Å². The molecule has 3 N–H and O–H groups in total. The van der Waals surface area contributed by atoms with Gasteiger partial charge in [0, 0.05) is 18.1 Å². The maximum Gasteiger partial charge on any atom is 0.340 e. The first-order valence-electron chi connectivity index (χ1n) is 10.9. The number of amides is 3. The summed E-state index contributed by atoms with van der Waals surface area (Å²) in [6, 6.07) is 14.1. The van der Waals surface area contributed by atoms with Gasteiger partial charge in [-0.3, -0.25) is 9.69 Å². The first-order valence-corrected chi connectivity index (χ1v) is 10.9. The highest BCUT2D eigenvalue weighted by molar-refractivity contribution is 5.94. The fraction of sp³-hybridized carbons (Fsp3) is 0.333. The third kappa shape index (κ3) is 3.72. The zero-order valence-corrected chi connectivity index (χ0v) is 18.5. The number of nitrogens with zero attached hydrogens (tertiary/aromatic N) is 3. The van der Waals surface area contributed by atoms with Crippen LogP contribution in [-0.2, 0) is 4.79 Å². The summed E-state index contributed by atoms with van der Waals surface area (Å²) in [6.07, 6.45) is 4.28. The molecular formula is C24H28N6O2. The number of hydrogen-bond donors (Lipinski definition) is 3. The van der Waals surface area contributed by atoms with Crippen molar-refractivity contribution in [2.24, 2.45) is 0 Å². The van der Waals surface area contributed by atoms with Gasteiger partial charge in [0.2, 0.25) is 5.91 Å². The number of nitrogens with one attached hydrogen (secondary N) is 3. The van der Waals surface area contributed by atoms with Gasteiger partial charge in [-0.05, 0) is 56.0 Å². The van der Waals surface area contributed by atoms with Crippen LogP contribution < -0.4 is 16.2 Å². The standard InChI is InChI=1S/C24H28N6O2/c1-15-4-8-19(9-5-15)25-22(31)14-30-24(32)28-10-11-29-21(23(28)27-30)13-20(26-29)18-7-6-16(2)17(3)12-18/h4-12,20-21,23,26-27H,13-14H2,1-3H3,(H,25,31). The number of hydrogen-bond acceptors (Lipinski definition) is 5. The zero-order chi connectivity index (χ0) is 22.4. The normalized spacial score (nSPS) is 24.0. The number of carbonyl (C=O) groups is 2. The Morgan fingerprint density at radius 3 is 2.56 bits per heavy atom. The number of hydrazine groups is 2. The van der Waals surface area contributed by atoms with E-state index in [1.165, 1.54) is 21.7 Å². The van der Waals surface area contributed by atoms with Gasteiger partial charge in [-0.25, -0.2) is 20.7 Å². The fourth-order valence-corrected chi connectivity index (χ4v) is 4.51. The van der Waals surface area contributed by atoms with Gasteiger partial charge in [0.25, 0.3) is 0 Å². The van der Waals surface area contributed by atoms with E-state index in [-0.39, 0.29) is 36.7 Å². The van der Waals surface area contributed by atoms with Crippen LogP contribution in [0.3, 0.4) is 0 Å². The highest BCUT2D eigenvalue weighted by Gasteiger charge is 2.48. The van der Waals surface area contributed by atoms with Crippen LogP contribution in [0.15, 0.2) is 54.9 Å². The maximum absolute atomic E-state index is 12.9. The van der Waals surface area contributed by atoms with E-state index in [0.717, 1.165) is 12.0 Å². The van der Waals surface area contributed by atoms with Crippen molar-refractivity contribution < 1.29 is 9.59 Å². The van der Waals surface area contributed by atoms with Crippen molar-refractivity contribution in [3.63, 3.8) is 0 Å². The number of rotatable bonds is 4. The Morgan fingerprint density at radius 2 is 1.81 bits per heavy atom. The highest BCUT2D eigenvalue weighted by atomic mass is 16.2. The molecular weight excluding hydrogens is 404 g/mol. The zero-order valence-electron chi connectivity index (χ0n) is 18.5. The summed E-state index contributed by atoms with van der Waals surface area (Å²) in [5.74, 6) is -0.243. The third-order valence-corrected chi connectivity index (χ3v) is 6.50. The maximum atomic E-state index is 12.9. The molecule has 32 heavy (non-hydrogen) atoms. The minimum atomic E-state index is -0.243. The van der Waals surface area contributed by atoms with Crippen LogP contribution in [0.1, 0.15) is 34.7 Å². The Hall–Kier alpha value is -3.36. The Kier molecular flexibility index (Phi) is 5.11. The second-order valence-corrected chi connectivity index (χ2v) is 8.80. The van der Waals surface area contributed by atoms with E-state index in [0.29, 0.717) is 5.69 Å². The lowest BCUT2D eigenvalue weighted by molar-refractivity contribution is -0.117. The molecule has 3 amide bonds. The van der Waals surface area contributed by atoms with Crippen molar-refractivity contribution in [1.29, 1.82) is 0 Å². The molecule has 8 nitrogen and oxygen atoms in total.